The van der Waals surface area contributed by atoms with Crippen LogP contribution in [0.5, 0.6) is 5.75 Å². The lowest BCUT2D eigenvalue weighted by molar-refractivity contribution is 0.350. The minimum absolute atomic E-state index is 0.136. The number of hydrogen-bond donors (Lipinski definition) is 1. The predicted octanol–water partition coefficient (Wildman–Crippen LogP) is 3.26. The monoisotopic (exact) mass is 324 g/mol. The Morgan fingerprint density at radius 1 is 1.35 bits per heavy atom. The summed E-state index contributed by atoms with van der Waals surface area (Å²) in [7, 11) is 1.67. The Morgan fingerprint density at radius 3 is 3.00 bits per heavy atom. The van der Waals surface area contributed by atoms with Gasteiger partial charge in [0.25, 0.3) is 0 Å². The van der Waals surface area contributed by atoms with E-state index in [-0.39, 0.29) is 6.61 Å². The first-order valence-corrected chi connectivity index (χ1v) is 7.98. The van der Waals surface area contributed by atoms with Crippen LogP contribution in [0.4, 0.5) is 0 Å². The van der Waals surface area contributed by atoms with Crippen molar-refractivity contribution < 1.29 is 9.84 Å². The van der Waals surface area contributed by atoms with Gasteiger partial charge in [0, 0.05) is 29.4 Å². The quantitative estimate of drug-likeness (QED) is 0.752. The van der Waals surface area contributed by atoms with Crippen LogP contribution in [0.1, 0.15) is 11.1 Å². The third-order valence-electron chi connectivity index (χ3n) is 3.44. The number of ether oxygens (including phenoxy) is 1. The van der Waals surface area contributed by atoms with Gasteiger partial charge in [-0.25, -0.2) is 4.98 Å². The van der Waals surface area contributed by atoms with Crippen molar-refractivity contribution in [3.63, 3.8) is 0 Å². The molecule has 0 aliphatic rings. The van der Waals surface area contributed by atoms with E-state index in [4.69, 9.17) is 9.84 Å². The summed E-state index contributed by atoms with van der Waals surface area (Å²) in [6.07, 6.45) is 3.71. The zero-order chi connectivity index (χ0) is 16.2. The molecule has 5 heteroatoms. The summed E-state index contributed by atoms with van der Waals surface area (Å²) >= 11 is 1.58. The van der Waals surface area contributed by atoms with E-state index < -0.39 is 0 Å². The van der Waals surface area contributed by atoms with Gasteiger partial charge < -0.3 is 9.84 Å². The number of aromatic nitrogens is 2. The van der Waals surface area contributed by atoms with Gasteiger partial charge in [-0.1, -0.05) is 17.9 Å². The van der Waals surface area contributed by atoms with Gasteiger partial charge in [0.2, 0.25) is 0 Å². The van der Waals surface area contributed by atoms with E-state index in [1.807, 2.05) is 47.3 Å². The summed E-state index contributed by atoms with van der Waals surface area (Å²) in [5, 5.41) is 10.7. The number of rotatable bonds is 3. The molecule has 1 aromatic carbocycles. The van der Waals surface area contributed by atoms with Crippen molar-refractivity contribution in [2.24, 2.45) is 0 Å². The number of aliphatic hydroxyl groups is 1. The highest BCUT2D eigenvalue weighted by molar-refractivity contribution is 7.13. The molecule has 3 aromatic rings. The minimum Gasteiger partial charge on any atom is -0.496 e. The van der Waals surface area contributed by atoms with Crippen molar-refractivity contribution in [2.45, 2.75) is 6.92 Å². The molecule has 116 valence electrons. The maximum atomic E-state index is 8.78. The molecule has 0 spiro atoms. The van der Waals surface area contributed by atoms with Crippen LogP contribution in [0, 0.1) is 18.8 Å². The van der Waals surface area contributed by atoms with Gasteiger partial charge >= 0.3 is 0 Å². The van der Waals surface area contributed by atoms with Crippen LogP contribution in [-0.2, 0) is 0 Å². The van der Waals surface area contributed by atoms with Crippen LogP contribution < -0.4 is 4.74 Å². The normalized spacial score (nSPS) is 10.2. The lowest BCUT2D eigenvalue weighted by Gasteiger charge is -2.10. The number of imidazole rings is 1. The van der Waals surface area contributed by atoms with Gasteiger partial charge in [-0.05, 0) is 24.6 Å². The van der Waals surface area contributed by atoms with Crippen molar-refractivity contribution in [2.75, 3.05) is 13.7 Å². The Morgan fingerprint density at radius 2 is 2.22 bits per heavy atom. The van der Waals surface area contributed by atoms with Gasteiger partial charge in [0.05, 0.1) is 17.7 Å². The second-order valence-electron chi connectivity index (χ2n) is 4.93. The fourth-order valence-electron chi connectivity index (χ4n) is 2.31. The minimum atomic E-state index is -0.136. The van der Waals surface area contributed by atoms with E-state index in [2.05, 4.69) is 16.8 Å². The van der Waals surface area contributed by atoms with Crippen molar-refractivity contribution in [1.82, 2.24) is 9.55 Å². The summed E-state index contributed by atoms with van der Waals surface area (Å²) in [4.78, 5) is 5.49. The summed E-state index contributed by atoms with van der Waals surface area (Å²) in [6.45, 7) is 1.88. The van der Waals surface area contributed by atoms with E-state index in [1.165, 1.54) is 0 Å². The number of methoxy groups -OCH3 is 1. The van der Waals surface area contributed by atoms with E-state index in [0.29, 0.717) is 0 Å². The molecule has 4 nitrogen and oxygen atoms in total. The molecule has 0 amide bonds. The Balaban J connectivity index is 2.01. The van der Waals surface area contributed by atoms with E-state index >= 15 is 0 Å². The standard InChI is InChI=1S/C18H16N2O2S/c1-13-5-6-15(11-16(13)22-2)20-8-7-19-18(20)17-10-14(12-23-17)4-3-9-21/h5-8,10-12,21H,9H2,1-2H3. The van der Waals surface area contributed by atoms with Crippen LogP contribution in [0.25, 0.3) is 16.4 Å². The van der Waals surface area contributed by atoms with Crippen molar-refractivity contribution in [1.29, 1.82) is 0 Å². The highest BCUT2D eigenvalue weighted by Crippen LogP contribution is 2.29. The molecule has 0 radical (unpaired) electrons. The second-order valence-corrected chi connectivity index (χ2v) is 5.85. The number of aliphatic hydroxyl groups excluding tert-OH is 1. The predicted molar refractivity (Wildman–Crippen MR) is 92.1 cm³/mol. The van der Waals surface area contributed by atoms with Gasteiger partial charge in [-0.3, -0.25) is 4.57 Å². The molecular weight excluding hydrogens is 308 g/mol. The summed E-state index contributed by atoms with van der Waals surface area (Å²) in [5.74, 6) is 7.28. The lowest BCUT2D eigenvalue weighted by Crippen LogP contribution is -1.97. The zero-order valence-corrected chi connectivity index (χ0v) is 13.7. The molecule has 0 bridgehead atoms. The molecule has 2 aromatic heterocycles. The topological polar surface area (TPSA) is 47.3 Å². The number of hydrogen-bond acceptors (Lipinski definition) is 4. The molecular formula is C18H16N2O2S. The first-order valence-electron chi connectivity index (χ1n) is 7.10. The molecule has 1 N–H and O–H groups in total. The number of nitrogens with zero attached hydrogens (tertiary/aromatic N) is 2. The Hall–Kier alpha value is -2.55. The fraction of sp³-hybridized carbons (Fsp3) is 0.167. The fourth-order valence-corrected chi connectivity index (χ4v) is 3.15. The van der Waals surface area contributed by atoms with Crippen LogP contribution in [0.15, 0.2) is 42.0 Å². The summed E-state index contributed by atoms with van der Waals surface area (Å²) < 4.78 is 7.43. The van der Waals surface area contributed by atoms with E-state index in [0.717, 1.165) is 33.3 Å². The molecule has 0 aliphatic heterocycles. The molecule has 3 rings (SSSR count). The molecule has 23 heavy (non-hydrogen) atoms. The van der Waals surface area contributed by atoms with Crippen LogP contribution in [-0.4, -0.2) is 28.4 Å². The van der Waals surface area contributed by atoms with Gasteiger partial charge in [0.15, 0.2) is 5.82 Å². The summed E-state index contributed by atoms with van der Waals surface area (Å²) in [6, 6.07) is 8.06. The lowest BCUT2D eigenvalue weighted by atomic mass is 10.2. The molecule has 0 saturated carbocycles. The van der Waals surface area contributed by atoms with E-state index in [1.54, 1.807) is 24.6 Å². The largest absolute Gasteiger partial charge is 0.496 e. The molecule has 0 unspecified atom stereocenters. The maximum absolute atomic E-state index is 8.78. The highest BCUT2D eigenvalue weighted by atomic mass is 32.1. The smallest absolute Gasteiger partial charge is 0.154 e. The summed E-state index contributed by atoms with van der Waals surface area (Å²) in [5.41, 5.74) is 2.97. The van der Waals surface area contributed by atoms with Crippen LogP contribution in [0.2, 0.25) is 0 Å². The maximum Gasteiger partial charge on any atom is 0.154 e. The zero-order valence-electron chi connectivity index (χ0n) is 12.9. The van der Waals surface area contributed by atoms with Crippen molar-refractivity contribution in [3.8, 4) is 34.0 Å². The van der Waals surface area contributed by atoms with Crippen molar-refractivity contribution in [3.05, 3.63) is 53.2 Å². The third-order valence-corrected chi connectivity index (χ3v) is 4.37. The first-order chi connectivity index (χ1) is 11.2. The SMILES string of the molecule is COc1cc(-n2ccnc2-c2cc(C#CCO)cs2)ccc1C. The van der Waals surface area contributed by atoms with Crippen LogP contribution >= 0.6 is 11.3 Å². The van der Waals surface area contributed by atoms with Crippen LogP contribution in [0.3, 0.4) is 0 Å². The van der Waals surface area contributed by atoms with Gasteiger partial charge in [-0.15, -0.1) is 11.3 Å². The van der Waals surface area contributed by atoms with Crippen molar-refractivity contribution >= 4 is 11.3 Å². The second kappa shape index (κ2) is 6.69. The third kappa shape index (κ3) is 3.14. The molecule has 0 aliphatic carbocycles. The average Bonchev–Trinajstić information content (AvgIpc) is 3.22. The van der Waals surface area contributed by atoms with Gasteiger partial charge in [-0.2, -0.15) is 0 Å². The Bertz CT molecular complexity index is 884. The van der Waals surface area contributed by atoms with E-state index in [9.17, 15) is 0 Å². The molecule has 0 fully saturated rings. The molecule has 0 atom stereocenters. The van der Waals surface area contributed by atoms with Gasteiger partial charge in [0.1, 0.15) is 12.4 Å². The molecule has 2 heterocycles. The Kier molecular flexibility index (Phi) is 4.47. The highest BCUT2D eigenvalue weighted by Gasteiger charge is 2.11. The first kappa shape index (κ1) is 15.3. The Labute approximate surface area is 139 Å². The number of benzene rings is 1. The average molecular weight is 324 g/mol. The molecule has 0 saturated heterocycles. The number of thiophene rings is 1. The number of aryl methyl sites for hydroxylation is 1.